The van der Waals surface area contributed by atoms with Crippen molar-refractivity contribution in [3.63, 3.8) is 0 Å². The molecule has 0 aromatic heterocycles. The van der Waals surface area contributed by atoms with Gasteiger partial charge in [-0.15, -0.1) is 5.16 Å². The van der Waals surface area contributed by atoms with E-state index in [1.807, 2.05) is 0 Å². The molecule has 2 aliphatic rings. The Labute approximate surface area is 160 Å². The van der Waals surface area contributed by atoms with Crippen LogP contribution in [0.15, 0.2) is 23.3 Å². The van der Waals surface area contributed by atoms with E-state index >= 15 is 0 Å². The molecule has 1 atom stereocenters. The Hall–Kier alpha value is 0.951. The third-order valence-corrected chi connectivity index (χ3v) is 7.81. The molecule has 0 aliphatic heterocycles. The third-order valence-electron chi connectivity index (χ3n) is 4.93. The van der Waals surface area contributed by atoms with E-state index in [4.69, 9.17) is 5.32 Å². The standard InChI is InChI=1S/C16H28NSi.2ClH.Ti/c1-5-14-10-9-13(2)15(14)17-16(18(3)4)11-7-6-8-12-16;;;/h9-10,15,18H,5-8,11-12H2,1-4H3;2*1H;/q-1;;;+3/p-2. The maximum atomic E-state index is 5.42. The molecule has 1 fully saturated rings. The van der Waals surface area contributed by atoms with E-state index in [1.54, 1.807) is 0 Å². The van der Waals surface area contributed by atoms with Gasteiger partial charge in [0.15, 0.2) is 0 Å². The van der Waals surface area contributed by atoms with E-state index in [0.717, 1.165) is 6.42 Å². The first-order valence-electron chi connectivity index (χ1n) is 7.68. The minimum Gasteiger partial charge on any atom is -1.00 e. The first-order chi connectivity index (χ1) is 8.59. The van der Waals surface area contributed by atoms with Gasteiger partial charge in [0.05, 0.1) is 0 Å². The zero-order chi connectivity index (χ0) is 13.2. The van der Waals surface area contributed by atoms with Crippen molar-refractivity contribution >= 4 is 8.80 Å². The monoisotopic (exact) mass is 380 g/mol. The van der Waals surface area contributed by atoms with Gasteiger partial charge in [0, 0.05) is 8.80 Å². The van der Waals surface area contributed by atoms with Crippen LogP contribution in [0.5, 0.6) is 0 Å². The molecule has 2 rings (SSSR count). The molecule has 0 heterocycles. The van der Waals surface area contributed by atoms with E-state index in [0.29, 0.717) is 11.2 Å². The minimum absolute atomic E-state index is 0. The molecule has 0 aromatic rings. The molecule has 0 saturated heterocycles. The van der Waals surface area contributed by atoms with Gasteiger partial charge in [-0.05, 0) is 13.3 Å². The number of hydrogen-bond donors (Lipinski definition) is 0. The quantitative estimate of drug-likeness (QED) is 0.541. The molecule has 2 aliphatic carbocycles. The van der Waals surface area contributed by atoms with Crippen LogP contribution in [0.3, 0.4) is 0 Å². The Morgan fingerprint density at radius 1 is 1.14 bits per heavy atom. The topological polar surface area (TPSA) is 14.1 Å². The van der Waals surface area contributed by atoms with Gasteiger partial charge in [-0.2, -0.15) is 0 Å². The molecule has 21 heavy (non-hydrogen) atoms. The van der Waals surface area contributed by atoms with Crippen molar-refractivity contribution in [3.05, 3.63) is 28.6 Å². The fraction of sp³-hybridized carbons (Fsp3) is 0.750. The second kappa shape index (κ2) is 10.7. The van der Waals surface area contributed by atoms with Gasteiger partial charge in [-0.25, -0.2) is 0 Å². The molecule has 5 heteroatoms. The van der Waals surface area contributed by atoms with Gasteiger partial charge in [-0.3, -0.25) is 0 Å². The van der Waals surface area contributed by atoms with Gasteiger partial charge in [0.25, 0.3) is 0 Å². The summed E-state index contributed by atoms with van der Waals surface area (Å²) < 4.78 is 0. The summed E-state index contributed by atoms with van der Waals surface area (Å²) in [5.74, 6) is 0. The predicted octanol–water partition coefficient (Wildman–Crippen LogP) is -1.24. The van der Waals surface area contributed by atoms with Crippen molar-refractivity contribution in [1.82, 2.24) is 0 Å². The molecule has 0 bridgehead atoms. The van der Waals surface area contributed by atoms with E-state index in [-0.39, 0.29) is 46.5 Å². The van der Waals surface area contributed by atoms with Gasteiger partial charge in [0.1, 0.15) is 0 Å². The zero-order valence-corrected chi connectivity index (χ0v) is 18.0. The average molecular weight is 381 g/mol. The predicted molar refractivity (Wildman–Crippen MR) is 84.0 cm³/mol. The molecule has 0 amide bonds. The van der Waals surface area contributed by atoms with Gasteiger partial charge in [0.2, 0.25) is 0 Å². The Morgan fingerprint density at radius 3 is 2.19 bits per heavy atom. The molecule has 119 valence electrons. The van der Waals surface area contributed by atoms with Crippen molar-refractivity contribution in [3.8, 4) is 0 Å². The zero-order valence-electron chi connectivity index (χ0n) is 13.8. The Morgan fingerprint density at radius 2 is 1.71 bits per heavy atom. The smallest absolute Gasteiger partial charge is 1.00 e. The summed E-state index contributed by atoms with van der Waals surface area (Å²) in [5.41, 5.74) is 3.00. The average Bonchev–Trinajstić information content (AvgIpc) is 2.71. The summed E-state index contributed by atoms with van der Waals surface area (Å²) >= 11 is 0. The van der Waals surface area contributed by atoms with Crippen LogP contribution in [0.4, 0.5) is 0 Å². The maximum absolute atomic E-state index is 5.42. The van der Waals surface area contributed by atoms with Crippen molar-refractivity contribution in [2.75, 3.05) is 0 Å². The summed E-state index contributed by atoms with van der Waals surface area (Å²) in [6.07, 6.45) is 12.7. The molecule has 1 nitrogen and oxygen atoms in total. The Balaban J connectivity index is 0. The van der Waals surface area contributed by atoms with Crippen LogP contribution < -0.4 is 24.8 Å². The minimum atomic E-state index is -0.731. The normalized spacial score (nSPS) is 23.4. The van der Waals surface area contributed by atoms with Crippen LogP contribution in [0.1, 0.15) is 52.4 Å². The first-order valence-corrected chi connectivity index (χ1v) is 10.6. The van der Waals surface area contributed by atoms with E-state index < -0.39 is 8.80 Å². The van der Waals surface area contributed by atoms with Crippen molar-refractivity contribution in [2.24, 2.45) is 0 Å². The van der Waals surface area contributed by atoms with E-state index in [1.165, 1.54) is 43.3 Å². The molecule has 1 radical (unpaired) electrons. The fourth-order valence-corrected chi connectivity index (χ4v) is 5.50. The van der Waals surface area contributed by atoms with Crippen LogP contribution in [0.2, 0.25) is 13.1 Å². The molecule has 0 N–H and O–H groups in total. The third kappa shape index (κ3) is 5.51. The van der Waals surface area contributed by atoms with Crippen LogP contribution in [0, 0.1) is 0 Å². The summed E-state index contributed by atoms with van der Waals surface area (Å²) in [7, 11) is -0.731. The molecule has 1 saturated carbocycles. The van der Waals surface area contributed by atoms with Crippen molar-refractivity contribution < 1.29 is 46.5 Å². The number of halogens is 2. The number of rotatable bonds is 4. The van der Waals surface area contributed by atoms with E-state index in [2.05, 4.69) is 39.1 Å². The molecule has 0 aromatic carbocycles. The number of allylic oxidation sites excluding steroid dienone is 2. The van der Waals surface area contributed by atoms with Crippen LogP contribution >= 0.6 is 0 Å². The Kier molecular flexibility index (Phi) is 12.3. The van der Waals surface area contributed by atoms with Gasteiger partial charge >= 0.3 is 21.7 Å². The molecule has 1 unspecified atom stereocenters. The van der Waals surface area contributed by atoms with Crippen LogP contribution in [0.25, 0.3) is 5.32 Å². The summed E-state index contributed by atoms with van der Waals surface area (Å²) in [6, 6.07) is 0.419. The van der Waals surface area contributed by atoms with Crippen molar-refractivity contribution in [2.45, 2.75) is 76.7 Å². The first kappa shape index (κ1) is 24.2. The largest absolute Gasteiger partial charge is 3.00 e. The van der Waals surface area contributed by atoms with Crippen LogP contribution in [-0.4, -0.2) is 20.0 Å². The SMILES string of the molecule is CCC1=CC=C(C)C1[N-]C1([SiH](C)C)CCCCC1.[Cl-].[Cl-].[Ti+3]. The van der Waals surface area contributed by atoms with Gasteiger partial charge in [-0.1, -0.05) is 81.5 Å². The summed E-state index contributed by atoms with van der Waals surface area (Å²) in [6.45, 7) is 9.52. The Bertz CT molecular complexity index is 363. The summed E-state index contributed by atoms with van der Waals surface area (Å²) in [5, 5.41) is 5.81. The fourth-order valence-electron chi connectivity index (χ4n) is 3.49. The maximum Gasteiger partial charge on any atom is 3.00 e. The van der Waals surface area contributed by atoms with Crippen molar-refractivity contribution in [1.29, 1.82) is 0 Å². The molecule has 0 spiro atoms. The molecular formula is C16H28Cl2NSiTi. The van der Waals surface area contributed by atoms with E-state index in [9.17, 15) is 0 Å². The molecular weight excluding hydrogens is 353 g/mol. The van der Waals surface area contributed by atoms with Crippen LogP contribution in [-0.2, 0) is 21.7 Å². The van der Waals surface area contributed by atoms with Gasteiger partial charge < -0.3 is 30.1 Å². The number of hydrogen-bond acceptors (Lipinski definition) is 0. The second-order valence-electron chi connectivity index (χ2n) is 6.36. The summed E-state index contributed by atoms with van der Waals surface area (Å²) in [4.78, 5) is 0. The number of nitrogens with zero attached hydrogens (tertiary/aromatic N) is 1. The second-order valence-corrected chi connectivity index (χ2v) is 9.74.